The number of amides is 2. The molecule has 1 fully saturated rings. The van der Waals surface area contributed by atoms with Crippen molar-refractivity contribution in [3.8, 4) is 0 Å². The maximum absolute atomic E-state index is 11.2. The van der Waals surface area contributed by atoms with Crippen molar-refractivity contribution in [1.82, 2.24) is 10.6 Å². The molecule has 6 heteroatoms. The van der Waals surface area contributed by atoms with Crippen LogP contribution in [0.15, 0.2) is 0 Å². The van der Waals surface area contributed by atoms with Crippen LogP contribution in [0.3, 0.4) is 0 Å². The molecule has 0 radical (unpaired) electrons. The Bertz CT molecular complexity index is 320. The number of nitrogens with one attached hydrogen (secondary N) is 2. The molecule has 3 atom stereocenters. The molecule has 2 N–H and O–H groups in total. The summed E-state index contributed by atoms with van der Waals surface area (Å²) in [6.07, 6.45) is 1.04. The van der Waals surface area contributed by atoms with Crippen molar-refractivity contribution in [1.29, 1.82) is 0 Å². The van der Waals surface area contributed by atoms with Gasteiger partial charge >= 0.3 is 0 Å². The number of carbonyl (C=O) groups is 2. The highest BCUT2D eigenvalue weighted by Crippen LogP contribution is 2.21. The highest BCUT2D eigenvalue weighted by Gasteiger charge is 2.33. The van der Waals surface area contributed by atoms with E-state index in [1.165, 1.54) is 13.8 Å². The van der Waals surface area contributed by atoms with Gasteiger partial charge < -0.3 is 20.1 Å². The van der Waals surface area contributed by atoms with E-state index in [1.807, 2.05) is 13.8 Å². The van der Waals surface area contributed by atoms with Gasteiger partial charge in [0.25, 0.3) is 0 Å². The zero-order chi connectivity index (χ0) is 14.4. The lowest BCUT2D eigenvalue weighted by Crippen LogP contribution is -2.52. The van der Waals surface area contributed by atoms with E-state index in [4.69, 9.17) is 9.47 Å². The van der Waals surface area contributed by atoms with Gasteiger partial charge in [-0.3, -0.25) is 9.59 Å². The third kappa shape index (κ3) is 6.02. The van der Waals surface area contributed by atoms with Crippen LogP contribution in [-0.2, 0) is 19.1 Å². The molecule has 0 unspecified atom stereocenters. The van der Waals surface area contributed by atoms with Crippen LogP contribution in [0.25, 0.3) is 0 Å². The summed E-state index contributed by atoms with van der Waals surface area (Å²) in [4.78, 5) is 22.1. The standard InChI is InChI=1S/C13H24N2O4/c1-8(2)18-13-12(15-10(4)17)6-5-11(19-13)7-14-9(3)16/h8,11-13H,5-7H2,1-4H3,(H,14,16)(H,15,17)/t11-,12+,13-/m0/s1. The van der Waals surface area contributed by atoms with E-state index >= 15 is 0 Å². The number of ether oxygens (including phenoxy) is 2. The Morgan fingerprint density at radius 1 is 1.26 bits per heavy atom. The van der Waals surface area contributed by atoms with E-state index in [-0.39, 0.29) is 30.1 Å². The summed E-state index contributed by atoms with van der Waals surface area (Å²) in [5.74, 6) is -0.167. The fourth-order valence-corrected chi connectivity index (χ4v) is 2.06. The normalized spacial score (nSPS) is 27.1. The minimum absolute atomic E-state index is 0.0146. The van der Waals surface area contributed by atoms with Gasteiger partial charge in [-0.2, -0.15) is 0 Å². The predicted molar refractivity (Wildman–Crippen MR) is 70.4 cm³/mol. The van der Waals surface area contributed by atoms with E-state index in [9.17, 15) is 9.59 Å². The Morgan fingerprint density at radius 3 is 2.47 bits per heavy atom. The summed E-state index contributed by atoms with van der Waals surface area (Å²) in [5, 5.41) is 5.58. The van der Waals surface area contributed by atoms with Gasteiger partial charge in [0.1, 0.15) is 0 Å². The Labute approximate surface area is 114 Å². The van der Waals surface area contributed by atoms with E-state index < -0.39 is 6.29 Å². The lowest BCUT2D eigenvalue weighted by molar-refractivity contribution is -0.220. The molecule has 19 heavy (non-hydrogen) atoms. The van der Waals surface area contributed by atoms with E-state index in [0.29, 0.717) is 6.54 Å². The van der Waals surface area contributed by atoms with Crippen LogP contribution in [0.1, 0.15) is 40.5 Å². The first kappa shape index (κ1) is 15.9. The van der Waals surface area contributed by atoms with Crippen LogP contribution in [-0.4, -0.2) is 42.9 Å². The number of carbonyl (C=O) groups excluding carboxylic acids is 2. The minimum Gasteiger partial charge on any atom is -0.354 e. The summed E-state index contributed by atoms with van der Waals surface area (Å²) < 4.78 is 11.5. The maximum Gasteiger partial charge on any atom is 0.217 e. The molecule has 0 aromatic heterocycles. The smallest absolute Gasteiger partial charge is 0.217 e. The molecule has 0 aromatic rings. The average Bonchev–Trinajstić information content (AvgIpc) is 2.28. The zero-order valence-corrected chi connectivity index (χ0v) is 12.1. The van der Waals surface area contributed by atoms with Gasteiger partial charge in [0, 0.05) is 20.4 Å². The molecule has 0 saturated carbocycles. The molecule has 6 nitrogen and oxygen atoms in total. The highest BCUT2D eigenvalue weighted by atomic mass is 16.7. The third-order valence-electron chi connectivity index (χ3n) is 2.83. The molecule has 0 bridgehead atoms. The molecule has 0 aromatic carbocycles. The molecule has 2 amide bonds. The Morgan fingerprint density at radius 2 is 1.95 bits per heavy atom. The molecule has 0 aliphatic carbocycles. The quantitative estimate of drug-likeness (QED) is 0.766. The monoisotopic (exact) mass is 272 g/mol. The lowest BCUT2D eigenvalue weighted by Gasteiger charge is -2.37. The molecule has 1 aliphatic heterocycles. The fraction of sp³-hybridized carbons (Fsp3) is 0.846. The van der Waals surface area contributed by atoms with E-state index in [2.05, 4.69) is 10.6 Å². The Balaban J connectivity index is 2.54. The molecule has 1 heterocycles. The zero-order valence-electron chi connectivity index (χ0n) is 12.1. The Kier molecular flexibility index (Phi) is 6.24. The second-order valence-electron chi connectivity index (χ2n) is 5.13. The number of rotatable bonds is 5. The summed E-state index contributed by atoms with van der Waals surface area (Å²) in [7, 11) is 0. The van der Waals surface area contributed by atoms with Crippen LogP contribution in [0, 0.1) is 0 Å². The third-order valence-corrected chi connectivity index (χ3v) is 2.83. The minimum atomic E-state index is -0.462. The second-order valence-corrected chi connectivity index (χ2v) is 5.13. The molecule has 0 spiro atoms. The van der Waals surface area contributed by atoms with Gasteiger partial charge in [-0.25, -0.2) is 0 Å². The maximum atomic E-state index is 11.2. The first-order chi connectivity index (χ1) is 8.88. The van der Waals surface area contributed by atoms with Gasteiger partial charge in [0.2, 0.25) is 11.8 Å². The van der Waals surface area contributed by atoms with Crippen molar-refractivity contribution in [2.75, 3.05) is 6.54 Å². The molecule has 1 rings (SSSR count). The summed E-state index contributed by atoms with van der Waals surface area (Å²) in [6.45, 7) is 7.28. The molecule has 110 valence electrons. The van der Waals surface area contributed by atoms with Crippen molar-refractivity contribution in [3.63, 3.8) is 0 Å². The van der Waals surface area contributed by atoms with Crippen LogP contribution in [0.2, 0.25) is 0 Å². The van der Waals surface area contributed by atoms with Gasteiger partial charge in [0.15, 0.2) is 6.29 Å². The molecular weight excluding hydrogens is 248 g/mol. The van der Waals surface area contributed by atoms with Gasteiger partial charge in [0.05, 0.1) is 18.2 Å². The predicted octanol–water partition coefficient (Wildman–Crippen LogP) is 0.557. The van der Waals surface area contributed by atoms with Crippen molar-refractivity contribution in [2.45, 2.75) is 65.1 Å². The van der Waals surface area contributed by atoms with E-state index in [0.717, 1.165) is 12.8 Å². The van der Waals surface area contributed by atoms with Gasteiger partial charge in [-0.15, -0.1) is 0 Å². The first-order valence-corrected chi connectivity index (χ1v) is 6.71. The van der Waals surface area contributed by atoms with Gasteiger partial charge in [-0.1, -0.05) is 0 Å². The summed E-state index contributed by atoms with van der Waals surface area (Å²) in [5.41, 5.74) is 0. The SMILES string of the molecule is CC(=O)NC[C@@H]1CC[C@@H](NC(C)=O)[C@@H](OC(C)C)O1. The van der Waals surface area contributed by atoms with Crippen molar-refractivity contribution in [3.05, 3.63) is 0 Å². The van der Waals surface area contributed by atoms with Crippen LogP contribution >= 0.6 is 0 Å². The molecule has 1 aliphatic rings. The number of hydrogen-bond acceptors (Lipinski definition) is 4. The van der Waals surface area contributed by atoms with Gasteiger partial charge in [-0.05, 0) is 26.7 Å². The topological polar surface area (TPSA) is 76.7 Å². The average molecular weight is 272 g/mol. The highest BCUT2D eigenvalue weighted by molar-refractivity contribution is 5.73. The van der Waals surface area contributed by atoms with E-state index in [1.54, 1.807) is 0 Å². The second kappa shape index (κ2) is 7.45. The number of hydrogen-bond donors (Lipinski definition) is 2. The summed E-state index contributed by atoms with van der Waals surface area (Å²) >= 11 is 0. The fourth-order valence-electron chi connectivity index (χ4n) is 2.06. The van der Waals surface area contributed by atoms with Crippen LogP contribution < -0.4 is 10.6 Å². The molecule has 1 saturated heterocycles. The van der Waals surface area contributed by atoms with Crippen molar-refractivity contribution in [2.24, 2.45) is 0 Å². The lowest BCUT2D eigenvalue weighted by atomic mass is 10.0. The van der Waals surface area contributed by atoms with Crippen LogP contribution in [0.4, 0.5) is 0 Å². The van der Waals surface area contributed by atoms with Crippen LogP contribution in [0.5, 0.6) is 0 Å². The molecular formula is C13H24N2O4. The first-order valence-electron chi connectivity index (χ1n) is 6.71. The van der Waals surface area contributed by atoms with Crippen molar-refractivity contribution >= 4 is 11.8 Å². The Hall–Kier alpha value is -1.14. The van der Waals surface area contributed by atoms with Crippen molar-refractivity contribution < 1.29 is 19.1 Å². The largest absolute Gasteiger partial charge is 0.354 e. The summed E-state index contributed by atoms with van der Waals surface area (Å²) in [6, 6.07) is -0.131.